The van der Waals surface area contributed by atoms with Crippen molar-refractivity contribution < 1.29 is 13.2 Å². The highest BCUT2D eigenvalue weighted by atomic mass is 32.2. The van der Waals surface area contributed by atoms with Gasteiger partial charge in [0.25, 0.3) is 0 Å². The number of nitrogens with zero attached hydrogens (tertiary/aromatic N) is 1. The second kappa shape index (κ2) is 6.90. The van der Waals surface area contributed by atoms with E-state index in [0.29, 0.717) is 18.0 Å². The molecule has 0 bridgehead atoms. The highest BCUT2D eigenvalue weighted by molar-refractivity contribution is 7.89. The van der Waals surface area contributed by atoms with Crippen LogP contribution in [0.3, 0.4) is 0 Å². The molecule has 0 spiro atoms. The summed E-state index contributed by atoms with van der Waals surface area (Å²) in [6.07, 6.45) is 2.83. The average Bonchev–Trinajstić information content (AvgIpc) is 2.47. The van der Waals surface area contributed by atoms with E-state index in [4.69, 9.17) is 4.74 Å². The van der Waals surface area contributed by atoms with E-state index in [1.165, 1.54) is 0 Å². The van der Waals surface area contributed by atoms with Gasteiger partial charge in [0, 0.05) is 13.1 Å². The zero-order valence-corrected chi connectivity index (χ0v) is 13.9. The maximum Gasteiger partial charge on any atom is 0.243 e. The number of rotatable bonds is 5. The Morgan fingerprint density at radius 3 is 2.24 bits per heavy atom. The number of hydrogen-bond donors (Lipinski definition) is 0. The van der Waals surface area contributed by atoms with Crippen molar-refractivity contribution in [1.82, 2.24) is 4.31 Å². The molecule has 1 saturated heterocycles. The Morgan fingerprint density at radius 2 is 1.76 bits per heavy atom. The normalized spacial score (nSPS) is 18.3. The van der Waals surface area contributed by atoms with Crippen LogP contribution in [0.2, 0.25) is 0 Å². The zero-order chi connectivity index (χ0) is 15.5. The predicted octanol–water partition coefficient (Wildman–Crippen LogP) is 2.83. The molecule has 1 aromatic rings. The van der Waals surface area contributed by atoms with Crippen molar-refractivity contribution in [3.63, 3.8) is 0 Å². The number of hydrogen-bond acceptors (Lipinski definition) is 3. The molecule has 0 radical (unpaired) electrons. The molecule has 0 amide bonds. The smallest absolute Gasteiger partial charge is 0.243 e. The third kappa shape index (κ3) is 4.05. The van der Waals surface area contributed by atoms with E-state index in [-0.39, 0.29) is 12.2 Å². The van der Waals surface area contributed by atoms with Crippen LogP contribution >= 0.6 is 0 Å². The summed E-state index contributed by atoms with van der Waals surface area (Å²) in [6, 6.07) is 7.21. The van der Waals surface area contributed by atoms with Crippen molar-refractivity contribution in [3.8, 4) is 0 Å². The van der Waals surface area contributed by atoms with Gasteiger partial charge in [-0.05, 0) is 50.8 Å². The fourth-order valence-corrected chi connectivity index (χ4v) is 4.11. The van der Waals surface area contributed by atoms with Gasteiger partial charge in [0.05, 0.1) is 17.1 Å². The van der Waals surface area contributed by atoms with Gasteiger partial charge in [-0.15, -0.1) is 0 Å². The Hall–Kier alpha value is -0.910. The lowest BCUT2D eigenvalue weighted by Crippen LogP contribution is -2.41. The Bertz CT molecular complexity index is 543. The third-order valence-corrected chi connectivity index (χ3v) is 5.75. The average molecular weight is 311 g/mol. The van der Waals surface area contributed by atoms with Crippen molar-refractivity contribution in [3.05, 3.63) is 29.8 Å². The lowest BCUT2D eigenvalue weighted by molar-refractivity contribution is -0.0168. The molecular weight excluding hydrogens is 286 g/mol. The van der Waals surface area contributed by atoms with E-state index in [1.54, 1.807) is 16.4 Å². The first kappa shape index (κ1) is 16.5. The molecule has 1 heterocycles. The fourth-order valence-electron chi connectivity index (χ4n) is 2.64. The van der Waals surface area contributed by atoms with Crippen LogP contribution in [0.25, 0.3) is 0 Å². The van der Waals surface area contributed by atoms with Gasteiger partial charge >= 0.3 is 0 Å². The second-order valence-electron chi connectivity index (χ2n) is 5.79. The summed E-state index contributed by atoms with van der Waals surface area (Å²) < 4.78 is 32.5. The third-order valence-electron chi connectivity index (χ3n) is 3.83. The first-order valence-electron chi connectivity index (χ1n) is 7.68. The minimum absolute atomic E-state index is 0.180. The van der Waals surface area contributed by atoms with E-state index >= 15 is 0 Å². The number of aryl methyl sites for hydroxylation is 1. The molecule has 0 atom stereocenters. The SMILES string of the molecule is CCc1ccc(S(=O)(=O)N2CCC(OC(C)C)CC2)cc1. The molecule has 1 aromatic carbocycles. The molecular formula is C16H25NO3S. The predicted molar refractivity (Wildman–Crippen MR) is 83.8 cm³/mol. The van der Waals surface area contributed by atoms with Crippen molar-refractivity contribution in [2.24, 2.45) is 0 Å². The number of benzene rings is 1. The lowest BCUT2D eigenvalue weighted by atomic mass is 10.1. The van der Waals surface area contributed by atoms with Gasteiger partial charge in [-0.25, -0.2) is 8.42 Å². The molecule has 0 aromatic heterocycles. The van der Waals surface area contributed by atoms with Crippen molar-refractivity contribution in [1.29, 1.82) is 0 Å². The highest BCUT2D eigenvalue weighted by Gasteiger charge is 2.29. The van der Waals surface area contributed by atoms with Crippen molar-refractivity contribution in [2.75, 3.05) is 13.1 Å². The van der Waals surface area contributed by atoms with Gasteiger partial charge in [0.2, 0.25) is 10.0 Å². The van der Waals surface area contributed by atoms with E-state index in [0.717, 1.165) is 24.8 Å². The maximum absolute atomic E-state index is 12.6. The van der Waals surface area contributed by atoms with Crippen LogP contribution in [0, 0.1) is 0 Å². The standard InChI is InChI=1S/C16H25NO3S/c1-4-14-5-7-16(8-6-14)21(18,19)17-11-9-15(10-12-17)20-13(2)3/h5-8,13,15H,4,9-12H2,1-3H3. The van der Waals surface area contributed by atoms with E-state index in [2.05, 4.69) is 6.92 Å². The van der Waals surface area contributed by atoms with E-state index < -0.39 is 10.0 Å². The Labute approximate surface area is 128 Å². The molecule has 118 valence electrons. The van der Waals surface area contributed by atoms with Crippen LogP contribution in [0.4, 0.5) is 0 Å². The summed E-state index contributed by atoms with van der Waals surface area (Å²) in [5.74, 6) is 0. The van der Waals surface area contributed by atoms with Crippen LogP contribution in [0.5, 0.6) is 0 Å². The minimum atomic E-state index is -3.36. The molecule has 1 aliphatic rings. The van der Waals surface area contributed by atoms with Gasteiger partial charge in [-0.2, -0.15) is 4.31 Å². The summed E-state index contributed by atoms with van der Waals surface area (Å²) in [5, 5.41) is 0. The fraction of sp³-hybridized carbons (Fsp3) is 0.625. The molecule has 0 aliphatic carbocycles. The minimum Gasteiger partial charge on any atom is -0.375 e. The van der Waals surface area contributed by atoms with Gasteiger partial charge in [-0.3, -0.25) is 0 Å². The summed E-state index contributed by atoms with van der Waals surface area (Å²) in [6.45, 7) is 7.16. The van der Waals surface area contributed by atoms with Crippen molar-refractivity contribution >= 4 is 10.0 Å². The van der Waals surface area contributed by atoms with Crippen LogP contribution in [0.1, 0.15) is 39.2 Å². The van der Waals surface area contributed by atoms with Gasteiger partial charge in [-0.1, -0.05) is 19.1 Å². The molecule has 1 aliphatic heterocycles. The summed E-state index contributed by atoms with van der Waals surface area (Å²) in [4.78, 5) is 0.392. The quantitative estimate of drug-likeness (QED) is 0.840. The van der Waals surface area contributed by atoms with Gasteiger partial charge in [0.15, 0.2) is 0 Å². The second-order valence-corrected chi connectivity index (χ2v) is 7.72. The molecule has 0 N–H and O–H groups in total. The summed E-state index contributed by atoms with van der Waals surface area (Å²) in [5.41, 5.74) is 1.15. The van der Waals surface area contributed by atoms with Crippen LogP contribution in [0.15, 0.2) is 29.2 Å². The van der Waals surface area contributed by atoms with Gasteiger partial charge < -0.3 is 4.74 Å². The number of ether oxygens (including phenoxy) is 1. The molecule has 0 unspecified atom stereocenters. The molecule has 4 nitrogen and oxygen atoms in total. The monoisotopic (exact) mass is 311 g/mol. The van der Waals surface area contributed by atoms with E-state index in [1.807, 2.05) is 26.0 Å². The Kier molecular flexibility index (Phi) is 5.41. The van der Waals surface area contributed by atoms with E-state index in [9.17, 15) is 8.42 Å². The molecule has 2 rings (SSSR count). The lowest BCUT2D eigenvalue weighted by Gasteiger charge is -2.32. The number of sulfonamides is 1. The van der Waals surface area contributed by atoms with Crippen LogP contribution in [-0.4, -0.2) is 38.0 Å². The molecule has 21 heavy (non-hydrogen) atoms. The molecule has 0 saturated carbocycles. The van der Waals surface area contributed by atoms with Crippen molar-refractivity contribution in [2.45, 2.75) is 57.1 Å². The Balaban J connectivity index is 2.03. The number of piperidine rings is 1. The molecule has 5 heteroatoms. The van der Waals surface area contributed by atoms with Crippen LogP contribution < -0.4 is 0 Å². The summed E-state index contributed by atoms with van der Waals surface area (Å²) >= 11 is 0. The summed E-state index contributed by atoms with van der Waals surface area (Å²) in [7, 11) is -3.36. The largest absolute Gasteiger partial charge is 0.375 e. The topological polar surface area (TPSA) is 46.6 Å². The van der Waals surface area contributed by atoms with Gasteiger partial charge in [0.1, 0.15) is 0 Å². The first-order valence-corrected chi connectivity index (χ1v) is 9.12. The highest BCUT2D eigenvalue weighted by Crippen LogP contribution is 2.23. The first-order chi connectivity index (χ1) is 9.93. The Morgan fingerprint density at radius 1 is 1.19 bits per heavy atom. The maximum atomic E-state index is 12.6. The van der Waals surface area contributed by atoms with Crippen LogP contribution in [-0.2, 0) is 21.2 Å². The zero-order valence-electron chi connectivity index (χ0n) is 13.1. The molecule has 1 fully saturated rings.